The van der Waals surface area contributed by atoms with Crippen molar-refractivity contribution in [3.8, 4) is 0 Å². The van der Waals surface area contributed by atoms with Crippen molar-refractivity contribution in [1.29, 1.82) is 0 Å². The molecule has 0 aliphatic carbocycles. The van der Waals surface area contributed by atoms with E-state index in [0.29, 0.717) is 4.99 Å². The van der Waals surface area contributed by atoms with Gasteiger partial charge in [0.1, 0.15) is 4.99 Å². The Balaban J connectivity index is 1.71. The third-order valence-electron chi connectivity index (χ3n) is 3.40. The predicted molar refractivity (Wildman–Crippen MR) is 95.0 cm³/mol. The van der Waals surface area contributed by atoms with Crippen LogP contribution in [-0.4, -0.2) is 15.3 Å². The van der Waals surface area contributed by atoms with E-state index in [1.807, 2.05) is 23.9 Å². The highest BCUT2D eigenvalue weighted by Crippen LogP contribution is 2.21. The summed E-state index contributed by atoms with van der Waals surface area (Å²) in [5.41, 5.74) is 7.83. The second-order valence-corrected chi connectivity index (χ2v) is 6.42. The number of rotatable bonds is 5. The van der Waals surface area contributed by atoms with E-state index in [2.05, 4.69) is 53.2 Å². The van der Waals surface area contributed by atoms with Gasteiger partial charge < -0.3 is 10.3 Å². The summed E-state index contributed by atoms with van der Waals surface area (Å²) < 4.78 is 2.27. The molecular weight excluding hydrogens is 296 g/mol. The van der Waals surface area contributed by atoms with Gasteiger partial charge in [0.25, 0.3) is 0 Å². The Bertz CT molecular complexity index is 763. The molecule has 0 saturated heterocycles. The molecule has 4 heteroatoms. The maximum atomic E-state index is 5.68. The lowest BCUT2D eigenvalue weighted by atomic mass is 10.1. The van der Waals surface area contributed by atoms with Crippen LogP contribution in [0.5, 0.6) is 0 Å². The van der Waals surface area contributed by atoms with E-state index in [1.54, 1.807) is 0 Å². The molecule has 0 radical (unpaired) electrons. The van der Waals surface area contributed by atoms with Gasteiger partial charge in [0, 0.05) is 39.9 Å². The Morgan fingerprint density at radius 1 is 1.10 bits per heavy atom. The molecule has 21 heavy (non-hydrogen) atoms. The highest BCUT2D eigenvalue weighted by molar-refractivity contribution is 7.99. The normalized spacial score (nSPS) is 10.9. The lowest BCUT2D eigenvalue weighted by Crippen LogP contribution is -2.08. The lowest BCUT2D eigenvalue weighted by Gasteiger charge is -2.06. The molecule has 0 aliphatic rings. The number of hydrogen-bond donors (Lipinski definition) is 1. The van der Waals surface area contributed by atoms with Crippen LogP contribution in [0.3, 0.4) is 0 Å². The van der Waals surface area contributed by atoms with Crippen LogP contribution < -0.4 is 5.73 Å². The summed E-state index contributed by atoms with van der Waals surface area (Å²) in [6.45, 7) is 0.982. The first kappa shape index (κ1) is 14.2. The molecular formula is C17H16N2S2. The quantitative estimate of drug-likeness (QED) is 0.569. The maximum absolute atomic E-state index is 5.68. The van der Waals surface area contributed by atoms with E-state index < -0.39 is 0 Å². The molecule has 0 bridgehead atoms. The van der Waals surface area contributed by atoms with E-state index in [9.17, 15) is 0 Å². The molecule has 3 rings (SSSR count). The molecule has 106 valence electrons. The minimum Gasteiger partial charge on any atom is -0.389 e. The van der Waals surface area contributed by atoms with E-state index in [-0.39, 0.29) is 0 Å². The Labute approximate surface area is 134 Å². The third kappa shape index (κ3) is 3.28. The summed E-state index contributed by atoms with van der Waals surface area (Å²) in [7, 11) is 0. The van der Waals surface area contributed by atoms with Crippen LogP contribution in [0.15, 0.2) is 65.7 Å². The van der Waals surface area contributed by atoms with Crippen molar-refractivity contribution in [1.82, 2.24) is 4.57 Å². The van der Waals surface area contributed by atoms with Crippen LogP contribution in [0.25, 0.3) is 10.9 Å². The summed E-state index contributed by atoms with van der Waals surface area (Å²) in [5, 5.41) is 1.19. The van der Waals surface area contributed by atoms with Crippen LogP contribution in [0.2, 0.25) is 0 Å². The van der Waals surface area contributed by atoms with Crippen LogP contribution in [0.1, 0.15) is 5.56 Å². The zero-order valence-electron chi connectivity index (χ0n) is 11.5. The first-order chi connectivity index (χ1) is 10.2. The zero-order valence-corrected chi connectivity index (χ0v) is 13.2. The summed E-state index contributed by atoms with van der Waals surface area (Å²) in [4.78, 5) is 1.76. The number of hydrogen-bond acceptors (Lipinski definition) is 2. The molecule has 0 spiro atoms. The van der Waals surface area contributed by atoms with Crippen LogP contribution >= 0.6 is 24.0 Å². The van der Waals surface area contributed by atoms with E-state index in [0.717, 1.165) is 17.9 Å². The molecule has 0 fully saturated rings. The van der Waals surface area contributed by atoms with Gasteiger partial charge in [-0.25, -0.2) is 0 Å². The largest absolute Gasteiger partial charge is 0.389 e. The molecule has 0 unspecified atom stereocenters. The summed E-state index contributed by atoms with van der Waals surface area (Å²) >= 11 is 6.90. The molecule has 1 heterocycles. The first-order valence-corrected chi connectivity index (χ1v) is 8.20. The molecule has 2 nitrogen and oxygen atoms in total. The minimum absolute atomic E-state index is 0.448. The second-order valence-electron chi connectivity index (χ2n) is 4.81. The van der Waals surface area contributed by atoms with Crippen molar-refractivity contribution in [2.45, 2.75) is 11.4 Å². The van der Waals surface area contributed by atoms with Gasteiger partial charge >= 0.3 is 0 Å². The number of fused-ring (bicyclic) bond motifs is 1. The smallest absolute Gasteiger partial charge is 0.104 e. The predicted octanol–water partition coefficient (Wildman–Crippen LogP) is 4.07. The molecule has 0 aliphatic heterocycles. The monoisotopic (exact) mass is 312 g/mol. The van der Waals surface area contributed by atoms with Crippen molar-refractivity contribution in [2.75, 3.05) is 5.75 Å². The van der Waals surface area contributed by atoms with Crippen LogP contribution in [0, 0.1) is 0 Å². The number of thiocarbonyl (C=S) groups is 1. The highest BCUT2D eigenvalue weighted by atomic mass is 32.2. The second kappa shape index (κ2) is 6.33. The van der Waals surface area contributed by atoms with Gasteiger partial charge in [-0.3, -0.25) is 0 Å². The fraction of sp³-hybridized carbons (Fsp3) is 0.118. The first-order valence-electron chi connectivity index (χ1n) is 6.80. The Kier molecular flexibility index (Phi) is 4.27. The molecule has 2 N–H and O–H groups in total. The van der Waals surface area contributed by atoms with Crippen molar-refractivity contribution in [2.24, 2.45) is 5.73 Å². The minimum atomic E-state index is 0.448. The van der Waals surface area contributed by atoms with Crippen LogP contribution in [0.4, 0.5) is 0 Å². The molecule has 0 saturated carbocycles. The zero-order chi connectivity index (χ0) is 14.7. The standard InChI is InChI=1S/C17H16N2S2/c18-17(20)14-6-7-16-13(12-14)8-9-19(16)10-11-21-15-4-2-1-3-5-15/h1-9,12H,10-11H2,(H2,18,20). The van der Waals surface area contributed by atoms with Gasteiger partial charge in [0.05, 0.1) is 0 Å². The molecule has 0 amide bonds. The number of benzene rings is 2. The highest BCUT2D eigenvalue weighted by Gasteiger charge is 2.04. The van der Waals surface area contributed by atoms with Gasteiger partial charge in [-0.05, 0) is 36.4 Å². The van der Waals surface area contributed by atoms with Crippen molar-refractivity contribution >= 4 is 39.9 Å². The SMILES string of the molecule is NC(=S)c1ccc2c(ccn2CCSc2ccccc2)c1. The average molecular weight is 312 g/mol. The van der Waals surface area contributed by atoms with Gasteiger partial charge in [0.2, 0.25) is 0 Å². The Morgan fingerprint density at radius 3 is 2.67 bits per heavy atom. The van der Waals surface area contributed by atoms with Gasteiger partial charge in [-0.2, -0.15) is 0 Å². The number of nitrogens with zero attached hydrogens (tertiary/aromatic N) is 1. The number of thioether (sulfide) groups is 1. The van der Waals surface area contributed by atoms with Crippen LogP contribution in [-0.2, 0) is 6.54 Å². The van der Waals surface area contributed by atoms with Crippen molar-refractivity contribution in [3.05, 3.63) is 66.4 Å². The summed E-state index contributed by atoms with van der Waals surface area (Å²) in [5.74, 6) is 1.05. The number of aryl methyl sites for hydroxylation is 1. The topological polar surface area (TPSA) is 30.9 Å². The molecule has 0 atom stereocenters. The molecule has 2 aromatic carbocycles. The van der Waals surface area contributed by atoms with Gasteiger partial charge in [0.15, 0.2) is 0 Å². The molecule has 3 aromatic rings. The Morgan fingerprint density at radius 2 is 1.90 bits per heavy atom. The van der Waals surface area contributed by atoms with Crippen molar-refractivity contribution < 1.29 is 0 Å². The van der Waals surface area contributed by atoms with Gasteiger partial charge in [-0.15, -0.1) is 11.8 Å². The van der Waals surface area contributed by atoms with E-state index >= 15 is 0 Å². The maximum Gasteiger partial charge on any atom is 0.104 e. The fourth-order valence-corrected chi connectivity index (χ4v) is 3.33. The van der Waals surface area contributed by atoms with Crippen molar-refractivity contribution in [3.63, 3.8) is 0 Å². The molecule has 1 aromatic heterocycles. The fourth-order valence-electron chi connectivity index (χ4n) is 2.33. The third-order valence-corrected chi connectivity index (χ3v) is 4.63. The number of nitrogens with two attached hydrogens (primary N) is 1. The lowest BCUT2D eigenvalue weighted by molar-refractivity contribution is 0.807. The van der Waals surface area contributed by atoms with E-state index in [4.69, 9.17) is 18.0 Å². The summed E-state index contributed by atoms with van der Waals surface area (Å²) in [6, 6.07) is 18.7. The number of aromatic nitrogens is 1. The van der Waals surface area contributed by atoms with E-state index in [1.165, 1.54) is 15.8 Å². The van der Waals surface area contributed by atoms with Gasteiger partial charge in [-0.1, -0.05) is 30.4 Å². The average Bonchev–Trinajstić information content (AvgIpc) is 2.91. The Hall–Kier alpha value is -1.78. The summed E-state index contributed by atoms with van der Waals surface area (Å²) in [6.07, 6.45) is 2.12.